The largest absolute Gasteiger partial charge is 0.448 e. The summed E-state index contributed by atoms with van der Waals surface area (Å²) >= 11 is 0. The Morgan fingerprint density at radius 1 is 1.53 bits per heavy atom. The number of hydrazine groups is 1. The number of hydrogen-bond donors (Lipinski definition) is 2. The van der Waals surface area contributed by atoms with Crippen LogP contribution in [0.25, 0.3) is 0 Å². The topological polar surface area (TPSA) is 63.2 Å². The maximum Gasteiger partial charge on any atom is 0.421 e. The number of rotatable bonds is 7. The fourth-order valence-corrected chi connectivity index (χ4v) is 2.57. The van der Waals surface area contributed by atoms with Crippen LogP contribution in [0.1, 0.15) is 6.92 Å². The smallest absolute Gasteiger partial charge is 0.421 e. The van der Waals surface area contributed by atoms with Crippen molar-refractivity contribution in [3.8, 4) is 0 Å². The lowest BCUT2D eigenvalue weighted by atomic mass is 10.5. The Balaban J connectivity index is 1.99. The van der Waals surface area contributed by atoms with Gasteiger partial charge in [0.2, 0.25) is 0 Å². The van der Waals surface area contributed by atoms with Crippen molar-refractivity contribution in [1.82, 2.24) is 15.8 Å². The molecule has 0 unspecified atom stereocenters. The summed E-state index contributed by atoms with van der Waals surface area (Å²) < 4.78 is 4.91. The Hall–Kier alpha value is -0.920. The van der Waals surface area contributed by atoms with E-state index in [4.69, 9.17) is 4.74 Å². The highest BCUT2D eigenvalue weighted by Gasteiger charge is 2.00. The second kappa shape index (κ2) is 9.15. The summed E-state index contributed by atoms with van der Waals surface area (Å²) in [4.78, 5) is 15.2. The first-order valence-corrected chi connectivity index (χ1v) is 7.51. The summed E-state index contributed by atoms with van der Waals surface area (Å²) in [7, 11) is 3.17. The van der Waals surface area contributed by atoms with Gasteiger partial charge in [-0.1, -0.05) is 23.8 Å². The lowest BCUT2D eigenvalue weighted by Crippen LogP contribution is -2.37. The summed E-state index contributed by atoms with van der Waals surface area (Å²) in [5.41, 5.74) is 5.07. The molecule has 1 heterocycles. The Morgan fingerprint density at radius 3 is 3.12 bits per heavy atom. The van der Waals surface area contributed by atoms with Crippen molar-refractivity contribution in [2.24, 2.45) is 0 Å². The average Bonchev–Trinajstić information content (AvgIpc) is 2.37. The maximum atomic E-state index is 11.0. The van der Waals surface area contributed by atoms with Gasteiger partial charge in [0.05, 0.1) is 0 Å². The van der Waals surface area contributed by atoms with Gasteiger partial charge in [0.15, 0.2) is 0 Å². The van der Waals surface area contributed by atoms with Crippen LogP contribution < -0.4 is 10.9 Å². The van der Waals surface area contributed by atoms with Gasteiger partial charge in [-0.2, -0.15) is 0 Å². The molecule has 0 saturated carbocycles. The van der Waals surface area contributed by atoms with Crippen LogP contribution >= 0.6 is 21.6 Å². The molecular weight excluding hydrogens is 258 g/mol. The lowest BCUT2D eigenvalue weighted by molar-refractivity contribution is 0.148. The van der Waals surface area contributed by atoms with E-state index in [0.29, 0.717) is 13.2 Å². The minimum Gasteiger partial charge on any atom is -0.448 e. The van der Waals surface area contributed by atoms with Crippen LogP contribution in [0, 0.1) is 0 Å². The zero-order valence-electron chi connectivity index (χ0n) is 9.51. The molecule has 1 amide bonds. The highest BCUT2D eigenvalue weighted by Crippen LogP contribution is 2.28. The Bertz CT molecular complexity index is 325. The molecule has 94 valence electrons. The number of nitrogens with zero attached hydrogens (tertiary/aromatic N) is 1. The van der Waals surface area contributed by atoms with Gasteiger partial charge in [0.25, 0.3) is 0 Å². The number of carbonyl (C=O) groups excluding carboxylic acids is 1. The van der Waals surface area contributed by atoms with E-state index in [1.807, 2.05) is 25.1 Å². The van der Waals surface area contributed by atoms with Crippen LogP contribution in [0.3, 0.4) is 0 Å². The van der Waals surface area contributed by atoms with Crippen LogP contribution in [0.2, 0.25) is 0 Å². The van der Waals surface area contributed by atoms with Crippen molar-refractivity contribution in [1.29, 1.82) is 0 Å². The van der Waals surface area contributed by atoms with Crippen molar-refractivity contribution in [2.45, 2.75) is 11.9 Å². The van der Waals surface area contributed by atoms with E-state index in [1.165, 1.54) is 0 Å². The molecule has 5 nitrogen and oxygen atoms in total. The molecule has 1 rings (SSSR count). The van der Waals surface area contributed by atoms with Gasteiger partial charge < -0.3 is 4.74 Å². The molecule has 0 bridgehead atoms. The molecule has 0 saturated heterocycles. The molecule has 0 atom stereocenters. The summed E-state index contributed by atoms with van der Waals surface area (Å²) in [5, 5.41) is 0.953. The number of carbonyl (C=O) groups is 1. The highest BCUT2D eigenvalue weighted by molar-refractivity contribution is 8.76. The first-order chi connectivity index (χ1) is 8.33. The number of aromatic nitrogens is 1. The lowest BCUT2D eigenvalue weighted by Gasteiger charge is -2.06. The fourth-order valence-electron chi connectivity index (χ4n) is 0.863. The average molecular weight is 273 g/mol. The minimum atomic E-state index is -0.449. The fraction of sp³-hybridized carbons (Fsp3) is 0.400. The molecule has 1 aromatic heterocycles. The zero-order chi connectivity index (χ0) is 12.3. The van der Waals surface area contributed by atoms with Crippen LogP contribution in [0.15, 0.2) is 29.4 Å². The molecule has 1 aromatic rings. The summed E-state index contributed by atoms with van der Waals surface area (Å²) in [5.74, 6) is 0.723. The SMILES string of the molecule is CCNNC(=O)OCCSSc1ccccn1. The van der Waals surface area contributed by atoms with E-state index in [2.05, 4.69) is 15.8 Å². The summed E-state index contributed by atoms with van der Waals surface area (Å²) in [6.45, 7) is 2.93. The molecule has 17 heavy (non-hydrogen) atoms. The molecule has 0 spiro atoms. The van der Waals surface area contributed by atoms with E-state index in [1.54, 1.807) is 27.8 Å². The summed E-state index contributed by atoms with van der Waals surface area (Å²) in [6, 6.07) is 5.76. The first kappa shape index (κ1) is 14.1. The van der Waals surface area contributed by atoms with E-state index < -0.39 is 6.09 Å². The minimum absolute atomic E-state index is 0.377. The second-order valence-corrected chi connectivity index (χ2v) is 5.30. The number of amides is 1. The van der Waals surface area contributed by atoms with Crippen LogP contribution in [0.5, 0.6) is 0 Å². The molecular formula is C10H15N3O2S2. The standard InChI is InChI=1S/C10H15N3O2S2/c1-2-12-13-10(14)15-7-8-16-17-9-5-3-4-6-11-9/h3-6,12H,2,7-8H2,1H3,(H,13,14). The molecule has 0 aromatic carbocycles. The van der Waals surface area contributed by atoms with Crippen molar-refractivity contribution in [3.63, 3.8) is 0 Å². The normalized spacial score (nSPS) is 9.94. The molecule has 2 N–H and O–H groups in total. The monoisotopic (exact) mass is 273 g/mol. The van der Waals surface area contributed by atoms with Crippen molar-refractivity contribution >= 4 is 27.7 Å². The van der Waals surface area contributed by atoms with Crippen LogP contribution in [-0.4, -0.2) is 30.0 Å². The molecule has 7 heteroatoms. The van der Waals surface area contributed by atoms with E-state index in [0.717, 1.165) is 10.8 Å². The number of hydrogen-bond acceptors (Lipinski definition) is 6. The first-order valence-electron chi connectivity index (χ1n) is 5.19. The van der Waals surface area contributed by atoms with Crippen molar-refractivity contribution in [2.75, 3.05) is 18.9 Å². The zero-order valence-corrected chi connectivity index (χ0v) is 11.1. The van der Waals surface area contributed by atoms with Crippen LogP contribution in [0.4, 0.5) is 4.79 Å². The molecule has 0 aliphatic rings. The highest BCUT2D eigenvalue weighted by atomic mass is 33.1. The van der Waals surface area contributed by atoms with Crippen molar-refractivity contribution < 1.29 is 9.53 Å². The van der Waals surface area contributed by atoms with Gasteiger partial charge in [0.1, 0.15) is 11.6 Å². The summed E-state index contributed by atoms with van der Waals surface area (Å²) in [6.07, 6.45) is 1.30. The Labute approximate surface area is 108 Å². The third-order valence-electron chi connectivity index (χ3n) is 1.55. The predicted molar refractivity (Wildman–Crippen MR) is 70.7 cm³/mol. The Kier molecular flexibility index (Phi) is 7.61. The van der Waals surface area contributed by atoms with Crippen LogP contribution in [-0.2, 0) is 4.74 Å². The van der Waals surface area contributed by atoms with Crippen molar-refractivity contribution in [3.05, 3.63) is 24.4 Å². The molecule has 0 fully saturated rings. The molecule has 0 radical (unpaired) electrons. The third kappa shape index (κ3) is 7.09. The predicted octanol–water partition coefficient (Wildman–Crippen LogP) is 2.07. The molecule has 0 aliphatic heterocycles. The Morgan fingerprint density at radius 2 is 2.41 bits per heavy atom. The third-order valence-corrected chi connectivity index (χ3v) is 3.78. The van der Waals surface area contributed by atoms with Gasteiger partial charge in [-0.3, -0.25) is 5.43 Å². The quantitative estimate of drug-likeness (QED) is 0.450. The molecule has 0 aliphatic carbocycles. The van der Waals surface area contributed by atoms with E-state index >= 15 is 0 Å². The number of nitrogens with one attached hydrogen (secondary N) is 2. The van der Waals surface area contributed by atoms with Gasteiger partial charge in [-0.05, 0) is 22.9 Å². The number of ether oxygens (including phenoxy) is 1. The van der Waals surface area contributed by atoms with Gasteiger partial charge in [-0.15, -0.1) is 0 Å². The van der Waals surface area contributed by atoms with Gasteiger partial charge in [0, 0.05) is 18.5 Å². The van der Waals surface area contributed by atoms with Gasteiger partial charge in [-0.25, -0.2) is 15.2 Å². The van der Waals surface area contributed by atoms with E-state index in [9.17, 15) is 4.79 Å². The number of pyridine rings is 1. The maximum absolute atomic E-state index is 11.0. The van der Waals surface area contributed by atoms with Gasteiger partial charge >= 0.3 is 6.09 Å². The second-order valence-electron chi connectivity index (χ2n) is 2.86. The van der Waals surface area contributed by atoms with E-state index in [-0.39, 0.29) is 0 Å².